The summed E-state index contributed by atoms with van der Waals surface area (Å²) in [6.07, 6.45) is 6.12. The van der Waals surface area contributed by atoms with Gasteiger partial charge in [0.15, 0.2) is 0 Å². The predicted molar refractivity (Wildman–Crippen MR) is 148 cm³/mol. The van der Waals surface area contributed by atoms with Gasteiger partial charge in [0, 0.05) is 29.3 Å². The third kappa shape index (κ3) is 4.75. The molecule has 2 heterocycles. The van der Waals surface area contributed by atoms with Gasteiger partial charge < -0.3 is 14.5 Å². The number of ether oxygens (including phenoxy) is 2. The van der Waals surface area contributed by atoms with Crippen LogP contribution >= 0.6 is 11.6 Å². The van der Waals surface area contributed by atoms with Gasteiger partial charge >= 0.3 is 5.97 Å². The second-order valence-electron chi connectivity index (χ2n) is 9.77. The summed E-state index contributed by atoms with van der Waals surface area (Å²) in [7, 11) is 1.92. The van der Waals surface area contributed by atoms with E-state index in [1.807, 2.05) is 44.6 Å². The van der Waals surface area contributed by atoms with Gasteiger partial charge in [-0.15, -0.1) is 0 Å². The minimum atomic E-state index is -0.353. The molecule has 0 atom stereocenters. The summed E-state index contributed by atoms with van der Waals surface area (Å²) >= 11 is 6.75. The van der Waals surface area contributed by atoms with Crippen molar-refractivity contribution in [3.8, 4) is 16.9 Å². The number of carbonyl (C=O) groups excluding carboxylic acids is 1. The Morgan fingerprint density at radius 1 is 1.14 bits per heavy atom. The van der Waals surface area contributed by atoms with E-state index in [4.69, 9.17) is 21.1 Å². The van der Waals surface area contributed by atoms with Crippen LogP contribution < -0.4 is 4.74 Å². The van der Waals surface area contributed by atoms with Crippen LogP contribution in [-0.4, -0.2) is 33.9 Å². The molecule has 1 aliphatic carbocycles. The van der Waals surface area contributed by atoms with Crippen molar-refractivity contribution in [3.05, 3.63) is 69.1 Å². The van der Waals surface area contributed by atoms with Crippen LogP contribution in [0.3, 0.4) is 0 Å². The number of rotatable bonds is 8. The Labute approximate surface area is 222 Å². The Kier molecular flexibility index (Phi) is 7.29. The standard InChI is InChI=1S/C30H34ClN3O3/c1-5-36-30(35)29-22(13-9-17-37-25-14-8-11-20-10-6-7-12-21(20)25)23-15-16-24(31)27(28(23)32-29)26-18(2)33-34(4)19(26)3/h8,11,14-16,32H,5-7,9-10,12-13,17H2,1-4H3. The molecule has 0 bridgehead atoms. The number of fused-ring (bicyclic) bond motifs is 2. The van der Waals surface area contributed by atoms with E-state index in [1.165, 1.54) is 24.0 Å². The average molecular weight is 520 g/mol. The number of hydrogen-bond acceptors (Lipinski definition) is 4. The molecule has 0 aliphatic heterocycles. The summed E-state index contributed by atoms with van der Waals surface area (Å²) in [6, 6.07) is 10.3. The molecule has 0 amide bonds. The van der Waals surface area contributed by atoms with Gasteiger partial charge in [0.2, 0.25) is 0 Å². The SMILES string of the molecule is CCOC(=O)c1[nH]c2c(-c3c(C)nn(C)c3C)c(Cl)ccc2c1CCCOc1cccc2c1CCCC2. The molecular weight excluding hydrogens is 486 g/mol. The molecule has 37 heavy (non-hydrogen) atoms. The summed E-state index contributed by atoms with van der Waals surface area (Å²) in [4.78, 5) is 16.4. The summed E-state index contributed by atoms with van der Waals surface area (Å²) in [5, 5.41) is 6.18. The van der Waals surface area contributed by atoms with E-state index in [0.717, 1.165) is 64.0 Å². The van der Waals surface area contributed by atoms with Crippen LogP contribution in [0, 0.1) is 13.8 Å². The number of H-pyrrole nitrogens is 1. The minimum Gasteiger partial charge on any atom is -0.493 e. The number of nitrogens with one attached hydrogen (secondary N) is 1. The third-order valence-corrected chi connectivity index (χ3v) is 7.77. The quantitative estimate of drug-likeness (QED) is 0.203. The highest BCUT2D eigenvalue weighted by molar-refractivity contribution is 6.35. The van der Waals surface area contributed by atoms with Gasteiger partial charge in [-0.25, -0.2) is 4.79 Å². The molecule has 0 fully saturated rings. The number of hydrogen-bond donors (Lipinski definition) is 1. The molecule has 1 N–H and O–H groups in total. The molecule has 0 spiro atoms. The molecule has 4 aromatic rings. The number of benzene rings is 2. The van der Waals surface area contributed by atoms with Crippen molar-refractivity contribution in [3.63, 3.8) is 0 Å². The highest BCUT2D eigenvalue weighted by Crippen LogP contribution is 2.40. The summed E-state index contributed by atoms with van der Waals surface area (Å²) in [5.74, 6) is 0.645. The lowest BCUT2D eigenvalue weighted by Crippen LogP contribution is -2.10. The maximum absolute atomic E-state index is 13.0. The first-order chi connectivity index (χ1) is 17.9. The summed E-state index contributed by atoms with van der Waals surface area (Å²) in [5.41, 5.74) is 8.78. The van der Waals surface area contributed by atoms with E-state index in [-0.39, 0.29) is 5.97 Å². The largest absolute Gasteiger partial charge is 0.493 e. The molecule has 194 valence electrons. The van der Waals surface area contributed by atoms with Crippen LogP contribution in [0.4, 0.5) is 0 Å². The van der Waals surface area contributed by atoms with E-state index >= 15 is 0 Å². The predicted octanol–water partition coefficient (Wildman–Crippen LogP) is 6.91. The number of esters is 1. The first kappa shape index (κ1) is 25.4. The van der Waals surface area contributed by atoms with Gasteiger partial charge in [-0.05, 0) is 88.1 Å². The fourth-order valence-corrected chi connectivity index (χ4v) is 5.88. The van der Waals surface area contributed by atoms with Crippen molar-refractivity contribution in [1.82, 2.24) is 14.8 Å². The molecule has 2 aromatic heterocycles. The first-order valence-corrected chi connectivity index (χ1v) is 13.5. The first-order valence-electron chi connectivity index (χ1n) is 13.1. The van der Waals surface area contributed by atoms with E-state index in [1.54, 1.807) is 0 Å². The molecule has 0 radical (unpaired) electrons. The number of aryl methyl sites for hydroxylation is 4. The monoisotopic (exact) mass is 519 g/mol. The van der Waals surface area contributed by atoms with Gasteiger partial charge in [-0.3, -0.25) is 4.68 Å². The van der Waals surface area contributed by atoms with Crippen LogP contribution in [-0.2, 0) is 31.0 Å². The van der Waals surface area contributed by atoms with Crippen molar-refractivity contribution < 1.29 is 14.3 Å². The summed E-state index contributed by atoms with van der Waals surface area (Å²) < 4.78 is 13.5. The Hall–Kier alpha value is -3.25. The zero-order valence-electron chi connectivity index (χ0n) is 22.0. The van der Waals surface area contributed by atoms with Gasteiger partial charge in [0.1, 0.15) is 11.4 Å². The Morgan fingerprint density at radius 2 is 1.95 bits per heavy atom. The van der Waals surface area contributed by atoms with Crippen LogP contribution in [0.2, 0.25) is 5.02 Å². The van der Waals surface area contributed by atoms with Crippen LogP contribution in [0.25, 0.3) is 22.0 Å². The zero-order chi connectivity index (χ0) is 26.1. The fraction of sp³-hybridized carbons (Fsp3) is 0.400. The minimum absolute atomic E-state index is 0.310. The highest BCUT2D eigenvalue weighted by Gasteiger charge is 2.24. The normalized spacial score (nSPS) is 13.1. The second kappa shape index (κ2) is 10.6. The van der Waals surface area contributed by atoms with E-state index in [2.05, 4.69) is 28.3 Å². The van der Waals surface area contributed by atoms with Crippen molar-refractivity contribution >= 4 is 28.5 Å². The lowest BCUT2D eigenvalue weighted by molar-refractivity contribution is 0.0519. The Balaban J connectivity index is 1.47. The highest BCUT2D eigenvalue weighted by atomic mass is 35.5. The van der Waals surface area contributed by atoms with Crippen molar-refractivity contribution in [2.24, 2.45) is 7.05 Å². The van der Waals surface area contributed by atoms with E-state index in [0.29, 0.717) is 30.4 Å². The number of aromatic amines is 1. The van der Waals surface area contributed by atoms with Crippen LogP contribution in [0.5, 0.6) is 5.75 Å². The molecule has 0 saturated heterocycles. The average Bonchev–Trinajstić information content (AvgIpc) is 3.38. The zero-order valence-corrected chi connectivity index (χ0v) is 22.8. The number of nitrogens with zero attached hydrogens (tertiary/aromatic N) is 2. The second-order valence-corrected chi connectivity index (χ2v) is 10.2. The van der Waals surface area contributed by atoms with Crippen LogP contribution in [0.15, 0.2) is 30.3 Å². The van der Waals surface area contributed by atoms with Gasteiger partial charge in [0.25, 0.3) is 0 Å². The van der Waals surface area contributed by atoms with E-state index in [9.17, 15) is 4.79 Å². The van der Waals surface area contributed by atoms with Gasteiger partial charge in [-0.1, -0.05) is 29.8 Å². The molecule has 0 unspecified atom stereocenters. The van der Waals surface area contributed by atoms with Gasteiger partial charge in [0.05, 0.1) is 29.4 Å². The molecule has 6 nitrogen and oxygen atoms in total. The topological polar surface area (TPSA) is 69.1 Å². The maximum Gasteiger partial charge on any atom is 0.355 e. The lowest BCUT2D eigenvalue weighted by atomic mass is 9.91. The molecule has 0 saturated carbocycles. The Morgan fingerprint density at radius 3 is 2.70 bits per heavy atom. The smallest absolute Gasteiger partial charge is 0.355 e. The molecule has 2 aromatic carbocycles. The maximum atomic E-state index is 13.0. The van der Waals surface area contributed by atoms with Crippen molar-refractivity contribution in [1.29, 1.82) is 0 Å². The van der Waals surface area contributed by atoms with E-state index < -0.39 is 0 Å². The Bertz CT molecular complexity index is 1470. The molecule has 7 heteroatoms. The molecule has 1 aliphatic rings. The number of carbonyl (C=O) groups is 1. The van der Waals surface area contributed by atoms with Gasteiger partial charge in [-0.2, -0.15) is 5.10 Å². The number of halogens is 1. The lowest BCUT2D eigenvalue weighted by Gasteiger charge is -2.19. The van der Waals surface area contributed by atoms with Crippen LogP contribution in [0.1, 0.15) is 64.8 Å². The molecule has 5 rings (SSSR count). The molecular formula is C30H34ClN3O3. The number of aromatic nitrogens is 3. The van der Waals surface area contributed by atoms with Crippen molar-refractivity contribution in [2.45, 2.75) is 59.3 Å². The fourth-order valence-electron chi connectivity index (χ4n) is 5.62. The summed E-state index contributed by atoms with van der Waals surface area (Å²) in [6.45, 7) is 6.71. The van der Waals surface area contributed by atoms with Crippen molar-refractivity contribution in [2.75, 3.05) is 13.2 Å². The third-order valence-electron chi connectivity index (χ3n) is 7.45.